The molecule has 0 fully saturated rings. The van der Waals surface area contributed by atoms with Gasteiger partial charge in [-0.15, -0.1) is 11.8 Å². The van der Waals surface area contributed by atoms with Crippen molar-refractivity contribution in [2.75, 3.05) is 6.26 Å². The summed E-state index contributed by atoms with van der Waals surface area (Å²) < 4.78 is -0.523. The predicted molar refractivity (Wildman–Crippen MR) is 62.4 cm³/mol. The van der Waals surface area contributed by atoms with E-state index in [1.54, 1.807) is 12.2 Å². The van der Waals surface area contributed by atoms with Crippen molar-refractivity contribution in [1.29, 1.82) is 0 Å². The molecule has 3 heteroatoms. The van der Waals surface area contributed by atoms with Gasteiger partial charge in [-0.2, -0.15) is 0 Å². The first-order chi connectivity index (χ1) is 6.67. The minimum absolute atomic E-state index is 0.0869. The third-order valence-electron chi connectivity index (χ3n) is 2.58. The van der Waals surface area contributed by atoms with E-state index in [0.717, 1.165) is 12.8 Å². The number of rotatable bonds is 4. The van der Waals surface area contributed by atoms with Crippen LogP contribution in [-0.2, 0) is 4.79 Å². The molecule has 2 N–H and O–H groups in total. The van der Waals surface area contributed by atoms with Gasteiger partial charge >= 0.3 is 0 Å². The van der Waals surface area contributed by atoms with Crippen molar-refractivity contribution in [2.45, 2.75) is 30.6 Å². The molecule has 0 heterocycles. The van der Waals surface area contributed by atoms with Crippen molar-refractivity contribution in [1.82, 2.24) is 0 Å². The van der Waals surface area contributed by atoms with Crippen molar-refractivity contribution in [3.8, 4) is 0 Å². The summed E-state index contributed by atoms with van der Waals surface area (Å²) in [4.78, 5) is 11.8. The van der Waals surface area contributed by atoms with Gasteiger partial charge in [0.05, 0.1) is 0 Å². The molecule has 1 rings (SSSR count). The molecule has 1 aliphatic rings. The smallest absolute Gasteiger partial charge is 0.177 e. The van der Waals surface area contributed by atoms with Gasteiger partial charge in [0, 0.05) is 6.04 Å². The summed E-state index contributed by atoms with van der Waals surface area (Å²) >= 11 is 1.54. The van der Waals surface area contributed by atoms with E-state index in [2.05, 4.69) is 6.92 Å². The number of carbonyl (C=O) groups excluding carboxylic acids is 1. The number of ketones is 1. The SMILES string of the molecule is CCCC(N)C1(SC)C=CC=CC1=O. The van der Waals surface area contributed by atoms with E-state index in [1.165, 1.54) is 11.8 Å². The zero-order valence-electron chi connectivity index (χ0n) is 8.69. The van der Waals surface area contributed by atoms with Crippen LogP contribution >= 0.6 is 11.8 Å². The summed E-state index contributed by atoms with van der Waals surface area (Å²) in [6, 6.07) is -0.0869. The first-order valence-electron chi connectivity index (χ1n) is 4.88. The van der Waals surface area contributed by atoms with Gasteiger partial charge < -0.3 is 5.73 Å². The van der Waals surface area contributed by atoms with Gasteiger partial charge in [0.25, 0.3) is 0 Å². The zero-order valence-corrected chi connectivity index (χ0v) is 9.51. The van der Waals surface area contributed by atoms with Gasteiger partial charge in [-0.05, 0) is 18.8 Å². The number of thioether (sulfide) groups is 1. The Hall–Kier alpha value is -0.540. The molecule has 14 heavy (non-hydrogen) atoms. The summed E-state index contributed by atoms with van der Waals surface area (Å²) in [6.45, 7) is 2.08. The maximum Gasteiger partial charge on any atom is 0.177 e. The van der Waals surface area contributed by atoms with Crippen LogP contribution in [0.3, 0.4) is 0 Å². The Morgan fingerprint density at radius 2 is 2.29 bits per heavy atom. The Kier molecular flexibility index (Phi) is 3.96. The monoisotopic (exact) mass is 211 g/mol. The maximum absolute atomic E-state index is 11.8. The fourth-order valence-corrected chi connectivity index (χ4v) is 2.61. The second kappa shape index (κ2) is 4.80. The average molecular weight is 211 g/mol. The molecule has 0 spiro atoms. The van der Waals surface area contributed by atoms with Gasteiger partial charge in [0.1, 0.15) is 4.75 Å². The molecule has 2 atom stereocenters. The van der Waals surface area contributed by atoms with Crippen LogP contribution in [0.15, 0.2) is 24.3 Å². The Labute approximate surface area is 89.6 Å². The molecule has 0 aromatic carbocycles. The lowest BCUT2D eigenvalue weighted by Crippen LogP contribution is -2.49. The van der Waals surface area contributed by atoms with Gasteiger partial charge in [-0.25, -0.2) is 0 Å². The Bertz CT molecular complexity index is 272. The summed E-state index contributed by atoms with van der Waals surface area (Å²) in [6.07, 6.45) is 11.1. The van der Waals surface area contributed by atoms with E-state index in [-0.39, 0.29) is 11.8 Å². The normalized spacial score (nSPS) is 28.1. The van der Waals surface area contributed by atoms with Crippen LogP contribution in [-0.4, -0.2) is 22.8 Å². The molecule has 1 aliphatic carbocycles. The third kappa shape index (κ3) is 1.93. The van der Waals surface area contributed by atoms with Crippen LogP contribution in [0.2, 0.25) is 0 Å². The molecule has 0 saturated heterocycles. The number of hydrogen-bond donors (Lipinski definition) is 1. The van der Waals surface area contributed by atoms with Crippen LogP contribution in [0.1, 0.15) is 19.8 Å². The lowest BCUT2D eigenvalue weighted by molar-refractivity contribution is -0.116. The van der Waals surface area contributed by atoms with E-state index in [1.807, 2.05) is 18.4 Å². The lowest BCUT2D eigenvalue weighted by Gasteiger charge is -2.33. The van der Waals surface area contributed by atoms with Crippen molar-refractivity contribution in [3.05, 3.63) is 24.3 Å². The fourth-order valence-electron chi connectivity index (χ4n) is 1.71. The van der Waals surface area contributed by atoms with E-state index in [9.17, 15) is 4.79 Å². The Morgan fingerprint density at radius 3 is 2.79 bits per heavy atom. The Balaban J connectivity index is 2.90. The number of hydrogen-bond acceptors (Lipinski definition) is 3. The van der Waals surface area contributed by atoms with Crippen LogP contribution in [0.5, 0.6) is 0 Å². The molecule has 2 unspecified atom stereocenters. The van der Waals surface area contributed by atoms with Crippen molar-refractivity contribution >= 4 is 17.5 Å². The summed E-state index contributed by atoms with van der Waals surface area (Å²) in [7, 11) is 0. The molecule has 0 amide bonds. The topological polar surface area (TPSA) is 43.1 Å². The standard InChI is InChI=1S/C11H17NOS/c1-3-6-9(12)11(14-2)8-5-4-7-10(11)13/h4-5,7-9H,3,6,12H2,1-2H3. The molecular formula is C11H17NOS. The molecule has 0 aromatic heterocycles. The first-order valence-corrected chi connectivity index (χ1v) is 6.11. The highest BCUT2D eigenvalue weighted by atomic mass is 32.2. The van der Waals surface area contributed by atoms with Gasteiger partial charge in [-0.1, -0.05) is 31.6 Å². The number of nitrogens with two attached hydrogens (primary N) is 1. The molecule has 0 aromatic rings. The van der Waals surface area contributed by atoms with Gasteiger partial charge in [0.15, 0.2) is 5.78 Å². The largest absolute Gasteiger partial charge is 0.326 e. The van der Waals surface area contributed by atoms with Crippen molar-refractivity contribution < 1.29 is 4.79 Å². The van der Waals surface area contributed by atoms with Crippen molar-refractivity contribution in [2.24, 2.45) is 5.73 Å². The zero-order chi connectivity index (χ0) is 10.6. The van der Waals surface area contributed by atoms with Gasteiger partial charge in [-0.3, -0.25) is 4.79 Å². The van der Waals surface area contributed by atoms with Crippen LogP contribution in [0.25, 0.3) is 0 Å². The summed E-state index contributed by atoms with van der Waals surface area (Å²) in [5.41, 5.74) is 6.07. The summed E-state index contributed by atoms with van der Waals surface area (Å²) in [5, 5.41) is 0. The molecular weight excluding hydrogens is 194 g/mol. The average Bonchev–Trinajstić information content (AvgIpc) is 2.19. The highest BCUT2D eigenvalue weighted by molar-refractivity contribution is 8.01. The second-order valence-electron chi connectivity index (χ2n) is 3.47. The quantitative estimate of drug-likeness (QED) is 0.772. The molecule has 0 saturated carbocycles. The summed E-state index contributed by atoms with van der Waals surface area (Å²) in [5.74, 6) is 0.119. The lowest BCUT2D eigenvalue weighted by atomic mass is 9.88. The maximum atomic E-state index is 11.8. The number of carbonyl (C=O) groups is 1. The molecule has 0 aliphatic heterocycles. The van der Waals surface area contributed by atoms with E-state index in [4.69, 9.17) is 5.73 Å². The van der Waals surface area contributed by atoms with E-state index in [0.29, 0.717) is 0 Å². The minimum atomic E-state index is -0.523. The van der Waals surface area contributed by atoms with Crippen LogP contribution < -0.4 is 5.73 Å². The van der Waals surface area contributed by atoms with E-state index >= 15 is 0 Å². The highest BCUT2D eigenvalue weighted by Gasteiger charge is 2.39. The third-order valence-corrected chi connectivity index (χ3v) is 3.89. The van der Waals surface area contributed by atoms with Gasteiger partial charge in [0.2, 0.25) is 0 Å². The van der Waals surface area contributed by atoms with Crippen LogP contribution in [0.4, 0.5) is 0 Å². The first kappa shape index (κ1) is 11.5. The highest BCUT2D eigenvalue weighted by Crippen LogP contribution is 2.33. The molecule has 78 valence electrons. The molecule has 0 bridgehead atoms. The van der Waals surface area contributed by atoms with E-state index < -0.39 is 4.75 Å². The molecule has 2 nitrogen and oxygen atoms in total. The van der Waals surface area contributed by atoms with Crippen LogP contribution in [0, 0.1) is 0 Å². The minimum Gasteiger partial charge on any atom is -0.326 e. The second-order valence-corrected chi connectivity index (χ2v) is 4.56. The fraction of sp³-hybridized carbons (Fsp3) is 0.545. The van der Waals surface area contributed by atoms with Crippen molar-refractivity contribution in [3.63, 3.8) is 0 Å². The predicted octanol–water partition coefficient (Wildman–Crippen LogP) is 1.91. The Morgan fingerprint density at radius 1 is 1.57 bits per heavy atom. The number of allylic oxidation sites excluding steroid dienone is 3. The molecule has 0 radical (unpaired) electrons.